The lowest BCUT2D eigenvalue weighted by atomic mass is 10.1. The van der Waals surface area contributed by atoms with Crippen molar-refractivity contribution in [3.63, 3.8) is 0 Å². The average Bonchev–Trinajstić information content (AvgIpc) is 3.28. The van der Waals surface area contributed by atoms with Gasteiger partial charge in [0.2, 0.25) is 5.95 Å². The van der Waals surface area contributed by atoms with Gasteiger partial charge in [0.1, 0.15) is 11.5 Å². The van der Waals surface area contributed by atoms with Gasteiger partial charge in [0.15, 0.2) is 5.78 Å². The Morgan fingerprint density at radius 3 is 2.88 bits per heavy atom. The zero-order valence-corrected chi connectivity index (χ0v) is 13.3. The SMILES string of the molecule is COc1ccc(O)c(C(=O)c2cnn(-c3nc4ccccc4[nH]3)c2)c1. The van der Waals surface area contributed by atoms with Crippen molar-refractivity contribution in [1.82, 2.24) is 19.7 Å². The van der Waals surface area contributed by atoms with E-state index in [0.29, 0.717) is 17.3 Å². The highest BCUT2D eigenvalue weighted by atomic mass is 16.5. The van der Waals surface area contributed by atoms with Gasteiger partial charge in [0, 0.05) is 6.20 Å². The molecule has 7 heteroatoms. The van der Waals surface area contributed by atoms with Crippen molar-refractivity contribution in [1.29, 1.82) is 0 Å². The fraction of sp³-hybridized carbons (Fsp3) is 0.0556. The molecule has 0 aliphatic rings. The minimum Gasteiger partial charge on any atom is -0.507 e. The van der Waals surface area contributed by atoms with Crippen LogP contribution in [0.25, 0.3) is 17.0 Å². The van der Waals surface area contributed by atoms with Crippen LogP contribution in [0.2, 0.25) is 0 Å². The summed E-state index contributed by atoms with van der Waals surface area (Å²) in [6.45, 7) is 0. The molecule has 7 nitrogen and oxygen atoms in total. The fourth-order valence-electron chi connectivity index (χ4n) is 2.58. The van der Waals surface area contributed by atoms with Crippen molar-refractivity contribution in [2.24, 2.45) is 0 Å². The van der Waals surface area contributed by atoms with Crippen LogP contribution >= 0.6 is 0 Å². The van der Waals surface area contributed by atoms with E-state index in [1.165, 1.54) is 30.1 Å². The predicted molar refractivity (Wildman–Crippen MR) is 91.3 cm³/mol. The van der Waals surface area contributed by atoms with Gasteiger partial charge in [-0.1, -0.05) is 12.1 Å². The molecule has 0 spiro atoms. The summed E-state index contributed by atoms with van der Waals surface area (Å²) in [5.74, 6) is 0.544. The number of nitrogens with zero attached hydrogens (tertiary/aromatic N) is 3. The number of aromatic nitrogens is 4. The van der Waals surface area contributed by atoms with Crippen LogP contribution in [-0.2, 0) is 0 Å². The first-order valence-corrected chi connectivity index (χ1v) is 7.57. The first kappa shape index (κ1) is 14.9. The van der Waals surface area contributed by atoms with Crippen molar-refractivity contribution < 1.29 is 14.6 Å². The molecule has 0 saturated carbocycles. The van der Waals surface area contributed by atoms with Gasteiger partial charge in [-0.2, -0.15) is 5.10 Å². The Kier molecular flexibility index (Phi) is 3.46. The van der Waals surface area contributed by atoms with E-state index in [1.54, 1.807) is 12.3 Å². The zero-order valence-electron chi connectivity index (χ0n) is 13.3. The molecule has 2 aromatic heterocycles. The number of nitrogens with one attached hydrogen (secondary N) is 1. The van der Waals surface area contributed by atoms with Crippen LogP contribution in [0.3, 0.4) is 0 Å². The molecule has 0 fully saturated rings. The number of rotatable bonds is 4. The number of fused-ring (bicyclic) bond motifs is 1. The first-order chi connectivity index (χ1) is 12.2. The molecular formula is C18H14N4O3. The lowest BCUT2D eigenvalue weighted by Crippen LogP contribution is -2.01. The largest absolute Gasteiger partial charge is 0.507 e. The van der Waals surface area contributed by atoms with Crippen LogP contribution in [-0.4, -0.2) is 37.7 Å². The lowest BCUT2D eigenvalue weighted by molar-refractivity contribution is 0.103. The van der Waals surface area contributed by atoms with Crippen molar-refractivity contribution in [3.8, 4) is 17.4 Å². The molecule has 25 heavy (non-hydrogen) atoms. The molecule has 0 atom stereocenters. The Hall–Kier alpha value is -3.61. The number of para-hydroxylation sites is 2. The van der Waals surface area contributed by atoms with Crippen molar-refractivity contribution in [2.75, 3.05) is 7.11 Å². The van der Waals surface area contributed by atoms with Crippen LogP contribution in [0.5, 0.6) is 11.5 Å². The molecule has 2 aromatic carbocycles. The standard InChI is InChI=1S/C18H14N4O3/c1-25-12-6-7-16(23)13(8-12)17(24)11-9-19-22(10-11)18-20-14-4-2-3-5-15(14)21-18/h2-10,23H,1H3,(H,20,21). The molecule has 2 heterocycles. The molecule has 124 valence electrons. The normalized spacial score (nSPS) is 10.9. The van der Waals surface area contributed by atoms with E-state index in [2.05, 4.69) is 15.1 Å². The maximum absolute atomic E-state index is 12.7. The van der Waals surface area contributed by atoms with Crippen LogP contribution in [0, 0.1) is 0 Å². The maximum atomic E-state index is 12.7. The summed E-state index contributed by atoms with van der Waals surface area (Å²) in [6, 6.07) is 12.1. The van der Waals surface area contributed by atoms with Gasteiger partial charge in [0.25, 0.3) is 0 Å². The number of ketones is 1. The number of aromatic hydroxyl groups is 1. The van der Waals surface area contributed by atoms with E-state index < -0.39 is 0 Å². The van der Waals surface area contributed by atoms with Gasteiger partial charge in [-0.05, 0) is 30.3 Å². The third-order valence-electron chi connectivity index (χ3n) is 3.89. The highest BCUT2D eigenvalue weighted by Gasteiger charge is 2.17. The number of methoxy groups -OCH3 is 1. The number of phenols is 1. The molecule has 0 amide bonds. The molecule has 2 N–H and O–H groups in total. The molecular weight excluding hydrogens is 320 g/mol. The zero-order chi connectivity index (χ0) is 17.4. The van der Waals surface area contributed by atoms with Gasteiger partial charge in [-0.15, -0.1) is 0 Å². The minimum absolute atomic E-state index is 0.109. The van der Waals surface area contributed by atoms with E-state index in [0.717, 1.165) is 11.0 Å². The number of imidazole rings is 1. The number of hydrogen-bond acceptors (Lipinski definition) is 5. The van der Waals surface area contributed by atoms with Gasteiger partial charge < -0.3 is 14.8 Å². The Bertz CT molecular complexity index is 1050. The molecule has 0 radical (unpaired) electrons. The second-order valence-electron chi connectivity index (χ2n) is 5.46. The predicted octanol–water partition coefficient (Wildman–Crippen LogP) is 2.69. The number of hydrogen-bond donors (Lipinski definition) is 2. The van der Waals surface area contributed by atoms with Crippen LogP contribution in [0.1, 0.15) is 15.9 Å². The number of ether oxygens (including phenoxy) is 1. The Morgan fingerprint density at radius 1 is 1.24 bits per heavy atom. The van der Waals surface area contributed by atoms with Crippen LogP contribution in [0.15, 0.2) is 54.9 Å². The molecule has 0 aliphatic heterocycles. The van der Waals surface area contributed by atoms with E-state index in [1.807, 2.05) is 24.3 Å². The van der Waals surface area contributed by atoms with Crippen molar-refractivity contribution in [2.45, 2.75) is 0 Å². The average molecular weight is 334 g/mol. The highest BCUT2D eigenvalue weighted by molar-refractivity contribution is 6.10. The van der Waals surface area contributed by atoms with Crippen molar-refractivity contribution in [3.05, 3.63) is 66.0 Å². The smallest absolute Gasteiger partial charge is 0.229 e. The summed E-state index contributed by atoms with van der Waals surface area (Å²) < 4.78 is 6.60. The van der Waals surface area contributed by atoms with Crippen LogP contribution < -0.4 is 4.74 Å². The molecule has 0 saturated heterocycles. The molecule has 0 aliphatic carbocycles. The number of carbonyl (C=O) groups is 1. The summed E-state index contributed by atoms with van der Waals surface area (Å²) in [5, 5.41) is 14.1. The molecule has 4 aromatic rings. The Balaban J connectivity index is 1.70. The molecule has 4 rings (SSSR count). The first-order valence-electron chi connectivity index (χ1n) is 7.57. The number of carbonyl (C=O) groups excluding carboxylic acids is 1. The number of phenolic OH excluding ortho intramolecular Hbond substituents is 1. The van der Waals surface area contributed by atoms with Gasteiger partial charge >= 0.3 is 0 Å². The monoisotopic (exact) mass is 334 g/mol. The molecule has 0 unspecified atom stereocenters. The van der Waals surface area contributed by atoms with Gasteiger partial charge in [-0.25, -0.2) is 9.67 Å². The van der Waals surface area contributed by atoms with Crippen LogP contribution in [0.4, 0.5) is 0 Å². The third kappa shape index (κ3) is 2.61. The van der Waals surface area contributed by atoms with Crippen molar-refractivity contribution >= 4 is 16.8 Å². The second-order valence-corrected chi connectivity index (χ2v) is 5.46. The van der Waals surface area contributed by atoms with E-state index >= 15 is 0 Å². The summed E-state index contributed by atoms with van der Waals surface area (Å²) in [7, 11) is 1.50. The van der Waals surface area contributed by atoms with Gasteiger partial charge in [-0.3, -0.25) is 4.79 Å². The summed E-state index contributed by atoms with van der Waals surface area (Å²) in [6.07, 6.45) is 3.01. The number of aromatic amines is 1. The maximum Gasteiger partial charge on any atom is 0.229 e. The summed E-state index contributed by atoms with van der Waals surface area (Å²) in [4.78, 5) is 20.2. The summed E-state index contributed by atoms with van der Waals surface area (Å²) in [5.41, 5.74) is 2.19. The van der Waals surface area contributed by atoms with E-state index in [-0.39, 0.29) is 17.1 Å². The number of benzene rings is 2. The van der Waals surface area contributed by atoms with E-state index in [9.17, 15) is 9.90 Å². The van der Waals surface area contributed by atoms with E-state index in [4.69, 9.17) is 4.74 Å². The molecule has 0 bridgehead atoms. The Morgan fingerprint density at radius 2 is 2.08 bits per heavy atom. The topological polar surface area (TPSA) is 93.0 Å². The number of H-pyrrole nitrogens is 1. The quantitative estimate of drug-likeness (QED) is 0.560. The van der Waals surface area contributed by atoms with Gasteiger partial charge in [0.05, 0.1) is 35.5 Å². The lowest BCUT2D eigenvalue weighted by Gasteiger charge is -2.05. The fourth-order valence-corrected chi connectivity index (χ4v) is 2.58. The third-order valence-corrected chi connectivity index (χ3v) is 3.89. The highest BCUT2D eigenvalue weighted by Crippen LogP contribution is 2.25. The minimum atomic E-state index is -0.348. The second kappa shape index (κ2) is 5.79. The Labute approximate surface area is 142 Å². The summed E-state index contributed by atoms with van der Waals surface area (Å²) >= 11 is 0.